The largest absolute Gasteiger partial charge is 0.335 e. The standard InChI is InChI=1S/C17H16IN5OS/c1-11-6-8-12(9-7-11)16-21-22-17(23(16)19)25-10-15(24)20-14-5-3-2-4-13(14)18/h2-9H,10,19H2,1H3,(H,20,24). The number of nitrogens with one attached hydrogen (secondary N) is 1. The van der Waals surface area contributed by atoms with E-state index in [1.165, 1.54) is 16.4 Å². The number of carbonyl (C=O) groups is 1. The lowest BCUT2D eigenvalue weighted by molar-refractivity contribution is -0.113. The number of aryl methyl sites for hydroxylation is 1. The number of hydrogen-bond donors (Lipinski definition) is 2. The molecule has 0 bridgehead atoms. The summed E-state index contributed by atoms with van der Waals surface area (Å²) in [6.45, 7) is 2.02. The molecular formula is C17H16IN5OS. The van der Waals surface area contributed by atoms with Crippen LogP contribution in [0.15, 0.2) is 53.7 Å². The molecular weight excluding hydrogens is 449 g/mol. The number of carbonyl (C=O) groups excluding carboxylic acids is 1. The fourth-order valence-electron chi connectivity index (χ4n) is 2.15. The molecule has 8 heteroatoms. The molecule has 0 aliphatic rings. The molecule has 0 unspecified atom stereocenters. The van der Waals surface area contributed by atoms with E-state index in [0.29, 0.717) is 11.0 Å². The van der Waals surface area contributed by atoms with Crippen molar-refractivity contribution in [2.75, 3.05) is 16.9 Å². The Hall–Kier alpha value is -2.07. The molecule has 2 aromatic carbocycles. The monoisotopic (exact) mass is 465 g/mol. The van der Waals surface area contributed by atoms with Crippen molar-refractivity contribution in [1.29, 1.82) is 0 Å². The molecule has 3 rings (SSSR count). The quantitative estimate of drug-likeness (QED) is 0.343. The first kappa shape index (κ1) is 17.7. The van der Waals surface area contributed by atoms with Crippen molar-refractivity contribution in [2.45, 2.75) is 12.1 Å². The SMILES string of the molecule is Cc1ccc(-c2nnc(SCC(=O)Nc3ccccc3I)n2N)cc1. The summed E-state index contributed by atoms with van der Waals surface area (Å²) in [6, 6.07) is 15.5. The molecule has 0 saturated carbocycles. The number of nitrogens with two attached hydrogens (primary N) is 1. The lowest BCUT2D eigenvalue weighted by Crippen LogP contribution is -2.17. The van der Waals surface area contributed by atoms with E-state index in [4.69, 9.17) is 5.84 Å². The fraction of sp³-hybridized carbons (Fsp3) is 0.118. The summed E-state index contributed by atoms with van der Waals surface area (Å²) < 4.78 is 2.40. The van der Waals surface area contributed by atoms with Gasteiger partial charge < -0.3 is 11.2 Å². The third-order valence-corrected chi connectivity index (χ3v) is 5.34. The highest BCUT2D eigenvalue weighted by Gasteiger charge is 2.14. The first-order chi connectivity index (χ1) is 12.0. The Morgan fingerprint density at radius 3 is 2.64 bits per heavy atom. The van der Waals surface area contributed by atoms with Gasteiger partial charge in [-0.05, 0) is 41.6 Å². The smallest absolute Gasteiger partial charge is 0.234 e. The number of rotatable bonds is 5. The van der Waals surface area contributed by atoms with Crippen LogP contribution in [0.3, 0.4) is 0 Å². The minimum absolute atomic E-state index is 0.117. The van der Waals surface area contributed by atoms with Crippen LogP contribution in [0.2, 0.25) is 0 Å². The highest BCUT2D eigenvalue weighted by molar-refractivity contribution is 14.1. The molecule has 6 nitrogen and oxygen atoms in total. The molecule has 1 amide bonds. The number of nitrogen functional groups attached to an aromatic ring is 1. The average Bonchev–Trinajstić information content (AvgIpc) is 2.97. The highest BCUT2D eigenvalue weighted by atomic mass is 127. The zero-order valence-corrected chi connectivity index (χ0v) is 16.4. The second-order valence-electron chi connectivity index (χ2n) is 5.36. The van der Waals surface area contributed by atoms with Crippen molar-refractivity contribution in [2.24, 2.45) is 0 Å². The van der Waals surface area contributed by atoms with Crippen molar-refractivity contribution < 1.29 is 4.79 Å². The highest BCUT2D eigenvalue weighted by Crippen LogP contribution is 2.22. The van der Waals surface area contributed by atoms with Gasteiger partial charge in [0.1, 0.15) is 0 Å². The van der Waals surface area contributed by atoms with Gasteiger partial charge in [-0.2, -0.15) is 0 Å². The maximum atomic E-state index is 12.1. The van der Waals surface area contributed by atoms with Crippen LogP contribution in [0.4, 0.5) is 5.69 Å². The van der Waals surface area contributed by atoms with E-state index in [1.807, 2.05) is 55.5 Å². The topological polar surface area (TPSA) is 85.8 Å². The summed E-state index contributed by atoms with van der Waals surface area (Å²) in [5.41, 5.74) is 2.84. The molecule has 0 atom stereocenters. The Morgan fingerprint density at radius 1 is 1.20 bits per heavy atom. The second-order valence-corrected chi connectivity index (χ2v) is 7.46. The Labute approximate surface area is 163 Å². The molecule has 128 valence electrons. The van der Waals surface area contributed by atoms with Gasteiger partial charge in [0.25, 0.3) is 0 Å². The zero-order chi connectivity index (χ0) is 17.8. The lowest BCUT2D eigenvalue weighted by atomic mass is 10.1. The summed E-state index contributed by atoms with van der Waals surface area (Å²) in [4.78, 5) is 12.1. The van der Waals surface area contributed by atoms with E-state index in [-0.39, 0.29) is 11.7 Å². The summed E-state index contributed by atoms with van der Waals surface area (Å²) in [7, 11) is 0. The molecule has 1 heterocycles. The predicted octanol–water partition coefficient (Wildman–Crippen LogP) is 3.30. The van der Waals surface area contributed by atoms with E-state index in [2.05, 4.69) is 38.1 Å². The van der Waals surface area contributed by atoms with Crippen LogP contribution in [0.25, 0.3) is 11.4 Å². The molecule has 1 aromatic heterocycles. The van der Waals surface area contributed by atoms with Crippen molar-refractivity contribution >= 4 is 45.9 Å². The molecule has 0 aliphatic heterocycles. The fourth-order valence-corrected chi connectivity index (χ4v) is 3.33. The van der Waals surface area contributed by atoms with Gasteiger partial charge in [0.2, 0.25) is 11.1 Å². The number of halogens is 1. The summed E-state index contributed by atoms with van der Waals surface area (Å²) in [5, 5.41) is 11.6. The maximum Gasteiger partial charge on any atom is 0.234 e. The Kier molecular flexibility index (Phi) is 5.59. The van der Waals surface area contributed by atoms with Crippen LogP contribution in [0.1, 0.15) is 5.56 Å². The summed E-state index contributed by atoms with van der Waals surface area (Å²) in [5.74, 6) is 6.73. The van der Waals surface area contributed by atoms with Crippen molar-refractivity contribution in [3.8, 4) is 11.4 Å². The van der Waals surface area contributed by atoms with Crippen LogP contribution in [0, 0.1) is 10.5 Å². The Morgan fingerprint density at radius 2 is 1.92 bits per heavy atom. The summed E-state index contributed by atoms with van der Waals surface area (Å²) in [6.07, 6.45) is 0. The molecule has 0 aliphatic carbocycles. The number of aromatic nitrogens is 3. The number of benzene rings is 2. The molecule has 0 spiro atoms. The van der Waals surface area contributed by atoms with E-state index in [9.17, 15) is 4.79 Å². The Balaban J connectivity index is 1.65. The minimum Gasteiger partial charge on any atom is -0.335 e. The van der Waals surface area contributed by atoms with Gasteiger partial charge in [0.05, 0.1) is 11.4 Å². The maximum absolute atomic E-state index is 12.1. The van der Waals surface area contributed by atoms with Gasteiger partial charge in [-0.1, -0.05) is 53.7 Å². The Bertz CT molecular complexity index is 894. The number of anilines is 1. The second kappa shape index (κ2) is 7.87. The van der Waals surface area contributed by atoms with Crippen LogP contribution in [-0.2, 0) is 4.79 Å². The van der Waals surface area contributed by atoms with Gasteiger partial charge in [-0.15, -0.1) is 10.2 Å². The van der Waals surface area contributed by atoms with E-state index < -0.39 is 0 Å². The predicted molar refractivity (Wildman–Crippen MR) is 109 cm³/mol. The first-order valence-corrected chi connectivity index (χ1v) is 9.56. The van der Waals surface area contributed by atoms with Gasteiger partial charge >= 0.3 is 0 Å². The van der Waals surface area contributed by atoms with Crippen molar-refractivity contribution in [3.05, 3.63) is 57.7 Å². The van der Waals surface area contributed by atoms with E-state index in [0.717, 1.165) is 20.4 Å². The molecule has 3 N–H and O–H groups in total. The minimum atomic E-state index is -0.117. The molecule has 0 saturated heterocycles. The number of thioether (sulfide) groups is 1. The molecule has 25 heavy (non-hydrogen) atoms. The molecule has 0 fully saturated rings. The molecule has 3 aromatic rings. The van der Waals surface area contributed by atoms with Gasteiger partial charge in [-0.3, -0.25) is 4.79 Å². The van der Waals surface area contributed by atoms with E-state index >= 15 is 0 Å². The van der Waals surface area contributed by atoms with Crippen LogP contribution >= 0.6 is 34.4 Å². The summed E-state index contributed by atoms with van der Waals surface area (Å²) >= 11 is 3.43. The third-order valence-electron chi connectivity index (χ3n) is 3.45. The van der Waals surface area contributed by atoms with Crippen LogP contribution < -0.4 is 11.2 Å². The van der Waals surface area contributed by atoms with E-state index in [1.54, 1.807) is 0 Å². The number of para-hydroxylation sites is 1. The van der Waals surface area contributed by atoms with Gasteiger partial charge in [0, 0.05) is 9.13 Å². The third kappa shape index (κ3) is 4.31. The van der Waals surface area contributed by atoms with Crippen molar-refractivity contribution in [1.82, 2.24) is 14.9 Å². The number of hydrogen-bond acceptors (Lipinski definition) is 5. The van der Waals surface area contributed by atoms with Crippen molar-refractivity contribution in [3.63, 3.8) is 0 Å². The number of nitrogens with zero attached hydrogens (tertiary/aromatic N) is 3. The first-order valence-electron chi connectivity index (χ1n) is 7.49. The lowest BCUT2D eigenvalue weighted by Gasteiger charge is -2.07. The van der Waals surface area contributed by atoms with Gasteiger partial charge in [-0.25, -0.2) is 4.68 Å². The van der Waals surface area contributed by atoms with Crippen LogP contribution in [-0.4, -0.2) is 26.5 Å². The normalized spacial score (nSPS) is 10.6. The van der Waals surface area contributed by atoms with Gasteiger partial charge in [0.15, 0.2) is 5.82 Å². The zero-order valence-electron chi connectivity index (χ0n) is 13.4. The van der Waals surface area contributed by atoms with Crippen LogP contribution in [0.5, 0.6) is 0 Å². The number of amides is 1. The average molecular weight is 465 g/mol. The molecule has 0 radical (unpaired) electrons.